The van der Waals surface area contributed by atoms with E-state index in [0.717, 1.165) is 30.5 Å². The van der Waals surface area contributed by atoms with Crippen LogP contribution in [0.5, 0.6) is 0 Å². The van der Waals surface area contributed by atoms with Gasteiger partial charge in [-0.3, -0.25) is 4.79 Å². The lowest BCUT2D eigenvalue weighted by atomic mass is 9.71. The highest BCUT2D eigenvalue weighted by atomic mass is 32.2. The number of aromatic nitrogens is 1. The molecule has 1 saturated heterocycles. The first-order chi connectivity index (χ1) is 14.9. The number of carbonyl (C=O) groups is 1. The molecule has 0 radical (unpaired) electrons. The number of nitrogens with zero attached hydrogens (tertiary/aromatic N) is 2. The van der Waals surface area contributed by atoms with Crippen LogP contribution in [-0.4, -0.2) is 42.9 Å². The Morgan fingerprint density at radius 2 is 1.87 bits per heavy atom. The maximum absolute atomic E-state index is 13.0. The number of amides is 1. The SMILES string of the molecule is Cc1ccc(S(=O)(=O)N2C[C@H]3C[C@H](NC(=O)c4cc(C5CCCCC5)no4)[C@H]3C2)cc1. The monoisotopic (exact) mass is 443 g/mol. The van der Waals surface area contributed by atoms with Crippen molar-refractivity contribution in [2.75, 3.05) is 13.1 Å². The third-order valence-electron chi connectivity index (χ3n) is 7.28. The summed E-state index contributed by atoms with van der Waals surface area (Å²) in [6.07, 6.45) is 6.66. The van der Waals surface area contributed by atoms with Crippen LogP contribution in [0.4, 0.5) is 0 Å². The molecule has 0 bridgehead atoms. The molecule has 3 fully saturated rings. The molecule has 1 N–H and O–H groups in total. The summed E-state index contributed by atoms with van der Waals surface area (Å²) >= 11 is 0. The highest BCUT2D eigenvalue weighted by Gasteiger charge is 2.50. The largest absolute Gasteiger partial charge is 0.351 e. The summed E-state index contributed by atoms with van der Waals surface area (Å²) in [5.74, 6) is 0.828. The minimum absolute atomic E-state index is 0.0288. The smallest absolute Gasteiger partial charge is 0.290 e. The molecule has 0 spiro atoms. The second kappa shape index (κ2) is 8.06. The van der Waals surface area contributed by atoms with Crippen LogP contribution < -0.4 is 5.32 Å². The van der Waals surface area contributed by atoms with Gasteiger partial charge < -0.3 is 9.84 Å². The first-order valence-electron chi connectivity index (χ1n) is 11.3. The third kappa shape index (κ3) is 3.91. The summed E-state index contributed by atoms with van der Waals surface area (Å²) in [7, 11) is -3.50. The number of carbonyl (C=O) groups excluding carboxylic acids is 1. The minimum atomic E-state index is -3.50. The van der Waals surface area contributed by atoms with Gasteiger partial charge in [0.1, 0.15) is 0 Å². The number of aryl methyl sites for hydroxylation is 1. The second-order valence-electron chi connectivity index (χ2n) is 9.33. The van der Waals surface area contributed by atoms with Crippen LogP contribution in [0.2, 0.25) is 0 Å². The van der Waals surface area contributed by atoms with E-state index in [1.165, 1.54) is 19.3 Å². The lowest BCUT2D eigenvalue weighted by Gasteiger charge is -2.39. The molecule has 7 nitrogen and oxygen atoms in total. The molecule has 1 aromatic carbocycles. The Balaban J connectivity index is 1.20. The topological polar surface area (TPSA) is 92.5 Å². The van der Waals surface area contributed by atoms with E-state index < -0.39 is 10.0 Å². The van der Waals surface area contributed by atoms with Crippen molar-refractivity contribution in [1.82, 2.24) is 14.8 Å². The van der Waals surface area contributed by atoms with Crippen molar-refractivity contribution in [3.05, 3.63) is 47.3 Å². The Bertz CT molecular complexity index is 1060. The van der Waals surface area contributed by atoms with E-state index in [0.29, 0.717) is 23.9 Å². The fourth-order valence-electron chi connectivity index (χ4n) is 5.31. The van der Waals surface area contributed by atoms with Gasteiger partial charge in [-0.25, -0.2) is 8.42 Å². The molecule has 31 heavy (non-hydrogen) atoms. The maximum atomic E-state index is 13.0. The molecule has 8 heteroatoms. The van der Waals surface area contributed by atoms with Gasteiger partial charge in [0.2, 0.25) is 15.8 Å². The molecule has 2 saturated carbocycles. The van der Waals surface area contributed by atoms with Gasteiger partial charge in [0.25, 0.3) is 5.91 Å². The zero-order chi connectivity index (χ0) is 21.6. The van der Waals surface area contributed by atoms with E-state index in [9.17, 15) is 13.2 Å². The molecule has 1 amide bonds. The predicted molar refractivity (Wildman–Crippen MR) is 115 cm³/mol. The molecule has 1 aliphatic heterocycles. The fraction of sp³-hybridized carbons (Fsp3) is 0.565. The highest BCUT2D eigenvalue weighted by Crippen LogP contribution is 2.43. The summed E-state index contributed by atoms with van der Waals surface area (Å²) in [4.78, 5) is 13.0. The van der Waals surface area contributed by atoms with Crippen molar-refractivity contribution in [2.24, 2.45) is 11.8 Å². The Hall–Kier alpha value is -2.19. The van der Waals surface area contributed by atoms with Crippen molar-refractivity contribution >= 4 is 15.9 Å². The molecule has 3 aliphatic rings. The van der Waals surface area contributed by atoms with Crippen LogP contribution in [0.1, 0.15) is 66.3 Å². The number of rotatable bonds is 5. The van der Waals surface area contributed by atoms with Gasteiger partial charge in [-0.2, -0.15) is 4.31 Å². The van der Waals surface area contributed by atoms with Crippen LogP contribution in [0.25, 0.3) is 0 Å². The summed E-state index contributed by atoms with van der Waals surface area (Å²) in [5, 5.41) is 7.18. The van der Waals surface area contributed by atoms with Gasteiger partial charge in [-0.1, -0.05) is 42.1 Å². The molecule has 0 unspecified atom stereocenters. The van der Waals surface area contributed by atoms with Crippen LogP contribution >= 0.6 is 0 Å². The van der Waals surface area contributed by atoms with E-state index in [2.05, 4.69) is 10.5 Å². The first-order valence-corrected chi connectivity index (χ1v) is 12.7. The van der Waals surface area contributed by atoms with Gasteiger partial charge >= 0.3 is 0 Å². The number of sulfonamides is 1. The van der Waals surface area contributed by atoms with E-state index in [1.807, 2.05) is 19.1 Å². The Labute approximate surface area is 183 Å². The molecule has 2 heterocycles. The van der Waals surface area contributed by atoms with E-state index >= 15 is 0 Å². The van der Waals surface area contributed by atoms with E-state index in [-0.39, 0.29) is 29.5 Å². The van der Waals surface area contributed by atoms with Gasteiger partial charge in [-0.15, -0.1) is 0 Å². The lowest BCUT2D eigenvalue weighted by Crippen LogP contribution is -2.51. The van der Waals surface area contributed by atoms with Crippen LogP contribution in [0.3, 0.4) is 0 Å². The molecular formula is C23H29N3O4S. The van der Waals surface area contributed by atoms with Crippen molar-refractivity contribution in [1.29, 1.82) is 0 Å². The highest BCUT2D eigenvalue weighted by molar-refractivity contribution is 7.89. The van der Waals surface area contributed by atoms with Gasteiger partial charge in [0.05, 0.1) is 10.6 Å². The Morgan fingerprint density at radius 1 is 1.13 bits per heavy atom. The number of benzene rings is 1. The number of hydrogen-bond acceptors (Lipinski definition) is 5. The van der Waals surface area contributed by atoms with Crippen molar-refractivity contribution in [3.63, 3.8) is 0 Å². The van der Waals surface area contributed by atoms with Crippen LogP contribution in [0.15, 0.2) is 39.8 Å². The number of hydrogen-bond donors (Lipinski definition) is 1. The fourth-order valence-corrected chi connectivity index (χ4v) is 6.85. The molecule has 166 valence electrons. The van der Waals surface area contributed by atoms with Crippen molar-refractivity contribution < 1.29 is 17.7 Å². The van der Waals surface area contributed by atoms with Crippen molar-refractivity contribution in [2.45, 2.75) is 62.3 Å². The molecule has 5 rings (SSSR count). The summed E-state index contributed by atoms with van der Waals surface area (Å²) in [6.45, 7) is 2.89. The van der Waals surface area contributed by atoms with E-state index in [4.69, 9.17) is 4.52 Å². The van der Waals surface area contributed by atoms with Crippen LogP contribution in [0, 0.1) is 18.8 Å². The normalized spacial score (nSPS) is 26.9. The maximum Gasteiger partial charge on any atom is 0.290 e. The lowest BCUT2D eigenvalue weighted by molar-refractivity contribution is 0.0796. The summed E-state index contributed by atoms with van der Waals surface area (Å²) in [6, 6.07) is 8.72. The minimum Gasteiger partial charge on any atom is -0.351 e. The van der Waals surface area contributed by atoms with Crippen molar-refractivity contribution in [3.8, 4) is 0 Å². The molecule has 2 aromatic rings. The Kier molecular flexibility index (Phi) is 5.38. The predicted octanol–water partition coefficient (Wildman–Crippen LogP) is 3.47. The number of fused-ring (bicyclic) bond motifs is 1. The second-order valence-corrected chi connectivity index (χ2v) is 11.3. The number of nitrogens with one attached hydrogen (secondary N) is 1. The zero-order valence-corrected chi connectivity index (χ0v) is 18.6. The van der Waals surface area contributed by atoms with Gasteiger partial charge in [-0.05, 0) is 50.2 Å². The molecular weight excluding hydrogens is 414 g/mol. The molecule has 1 aromatic heterocycles. The zero-order valence-electron chi connectivity index (χ0n) is 17.8. The van der Waals surface area contributed by atoms with Gasteiger partial charge in [0.15, 0.2) is 0 Å². The molecule has 2 aliphatic carbocycles. The third-order valence-corrected chi connectivity index (χ3v) is 9.13. The average Bonchev–Trinajstić information content (AvgIpc) is 3.38. The van der Waals surface area contributed by atoms with Gasteiger partial charge in [0, 0.05) is 31.1 Å². The first kappa shape index (κ1) is 20.7. The summed E-state index contributed by atoms with van der Waals surface area (Å²) < 4.78 is 32.9. The van der Waals surface area contributed by atoms with E-state index in [1.54, 1.807) is 22.5 Å². The standard InChI is InChI=1S/C23H29N3O4S/c1-15-7-9-18(10-8-15)31(28,29)26-13-17-11-21(19(17)14-26)24-23(27)22-12-20(25-30-22)16-5-3-2-4-6-16/h7-10,12,16-17,19,21H,2-6,11,13-14H2,1H3,(H,24,27)/t17-,19+,21+/m1/s1. The summed E-state index contributed by atoms with van der Waals surface area (Å²) in [5.41, 5.74) is 1.91. The average molecular weight is 444 g/mol. The quantitative estimate of drug-likeness (QED) is 0.764. The van der Waals surface area contributed by atoms with Crippen LogP contribution in [-0.2, 0) is 10.0 Å². The molecule has 3 atom stereocenters. The Morgan fingerprint density at radius 3 is 2.61 bits per heavy atom.